The number of carboxylic acid groups (broad SMARTS) is 3. The fourth-order valence-corrected chi connectivity index (χ4v) is 6.34. The molecule has 3 N–H and O–H groups in total. The van der Waals surface area contributed by atoms with Gasteiger partial charge in [0.1, 0.15) is 5.76 Å². The number of hydrogen-bond acceptors (Lipinski definition) is 7. The zero-order chi connectivity index (χ0) is 37.3. The van der Waals surface area contributed by atoms with Crippen molar-refractivity contribution in [3.05, 3.63) is 60.1 Å². The molecule has 0 saturated carbocycles. The van der Waals surface area contributed by atoms with Crippen molar-refractivity contribution in [3.8, 4) is 0 Å². The molecule has 2 aromatic rings. The van der Waals surface area contributed by atoms with Crippen LogP contribution in [0.3, 0.4) is 0 Å². The molecule has 276 valence electrons. The van der Waals surface area contributed by atoms with E-state index in [1.165, 1.54) is 64.1 Å². The van der Waals surface area contributed by atoms with E-state index < -0.39 is 36.4 Å². The Morgan fingerprint density at radius 2 is 1.16 bits per heavy atom. The highest BCUT2D eigenvalue weighted by atomic mass is 19.4. The largest absolute Gasteiger partial charge is 0.490 e. The molecule has 1 aromatic heterocycles. The molecule has 5 rings (SSSR count). The van der Waals surface area contributed by atoms with Crippen LogP contribution in [-0.2, 0) is 27.5 Å². The number of nitrogens with zero attached hydrogens (tertiary/aromatic N) is 3. The number of carboxylic acids is 3. The van der Waals surface area contributed by atoms with E-state index in [1.807, 2.05) is 6.07 Å². The van der Waals surface area contributed by atoms with Crippen molar-refractivity contribution < 1.29 is 73.6 Å². The van der Waals surface area contributed by atoms with Crippen LogP contribution in [-0.4, -0.2) is 113 Å². The van der Waals surface area contributed by atoms with Gasteiger partial charge in [-0.15, -0.1) is 0 Å². The van der Waals surface area contributed by atoms with Crippen LogP contribution in [0, 0.1) is 10.8 Å². The van der Waals surface area contributed by atoms with Gasteiger partial charge in [-0.25, -0.2) is 14.4 Å². The van der Waals surface area contributed by atoms with Gasteiger partial charge in [-0.2, -0.15) is 39.5 Å². The van der Waals surface area contributed by atoms with Crippen LogP contribution in [0.5, 0.6) is 0 Å². The summed E-state index contributed by atoms with van der Waals surface area (Å²) in [6.45, 7) is 9.55. The predicted molar refractivity (Wildman–Crippen MR) is 153 cm³/mol. The summed E-state index contributed by atoms with van der Waals surface area (Å²) in [5.74, 6) is -7.17. The summed E-state index contributed by atoms with van der Waals surface area (Å²) in [6.07, 6.45) is -9.44. The molecule has 1 aromatic carbocycles. The summed E-state index contributed by atoms with van der Waals surface area (Å²) in [7, 11) is 2.29. The van der Waals surface area contributed by atoms with E-state index in [1.54, 1.807) is 6.26 Å². The number of likely N-dealkylation sites (tertiary alicyclic amines) is 3. The highest BCUT2D eigenvalue weighted by molar-refractivity contribution is 5.73. The minimum atomic E-state index is -5.08. The Kier molecular flexibility index (Phi) is 14.1. The quantitative estimate of drug-likeness (QED) is 0.343. The first-order chi connectivity index (χ1) is 22.5. The van der Waals surface area contributed by atoms with Crippen molar-refractivity contribution in [2.24, 2.45) is 10.8 Å². The molecule has 0 aliphatic carbocycles. The summed E-state index contributed by atoms with van der Waals surface area (Å²) in [4.78, 5) is 34.6. The zero-order valence-electron chi connectivity index (χ0n) is 26.1. The first kappa shape index (κ1) is 41.3. The maximum Gasteiger partial charge on any atom is 0.490 e. The van der Waals surface area contributed by atoms with Crippen molar-refractivity contribution >= 4 is 17.9 Å². The van der Waals surface area contributed by atoms with Gasteiger partial charge in [0, 0.05) is 38.1 Å². The van der Waals surface area contributed by atoms with Crippen LogP contribution in [0.4, 0.5) is 39.5 Å². The van der Waals surface area contributed by atoms with E-state index in [0.717, 1.165) is 18.8 Å². The Labute approximate surface area is 274 Å². The maximum absolute atomic E-state index is 10.6. The molecule has 3 saturated heterocycles. The number of benzene rings is 1. The Morgan fingerprint density at radius 1 is 0.673 bits per heavy atom. The third-order valence-electron chi connectivity index (χ3n) is 8.30. The second-order valence-corrected chi connectivity index (χ2v) is 12.0. The molecule has 10 nitrogen and oxygen atoms in total. The summed E-state index contributed by atoms with van der Waals surface area (Å²) in [5.41, 5.74) is 2.43. The fraction of sp³-hybridized carbons (Fsp3) is 0.567. The average molecular weight is 722 g/mol. The Morgan fingerprint density at radius 3 is 1.59 bits per heavy atom. The van der Waals surface area contributed by atoms with Crippen molar-refractivity contribution in [1.82, 2.24) is 14.7 Å². The van der Waals surface area contributed by atoms with Crippen molar-refractivity contribution in [3.63, 3.8) is 0 Å². The molecule has 0 bridgehead atoms. The van der Waals surface area contributed by atoms with E-state index in [9.17, 15) is 39.5 Å². The van der Waals surface area contributed by atoms with Gasteiger partial charge in [0.15, 0.2) is 0 Å². The number of rotatable bonds is 4. The summed E-state index contributed by atoms with van der Waals surface area (Å²) in [5, 5.41) is 21.4. The topological polar surface area (TPSA) is 135 Å². The number of furan rings is 1. The van der Waals surface area contributed by atoms with Gasteiger partial charge in [-0.3, -0.25) is 9.80 Å². The van der Waals surface area contributed by atoms with E-state index in [4.69, 9.17) is 34.1 Å². The molecular weight excluding hydrogens is 685 g/mol. The van der Waals surface area contributed by atoms with Gasteiger partial charge in [-0.05, 0) is 62.5 Å². The fourth-order valence-electron chi connectivity index (χ4n) is 6.34. The lowest BCUT2D eigenvalue weighted by molar-refractivity contribution is -0.193. The number of alkyl halides is 9. The van der Waals surface area contributed by atoms with E-state index in [2.05, 4.69) is 58.1 Å². The maximum atomic E-state index is 10.6. The molecule has 4 heterocycles. The summed E-state index contributed by atoms with van der Waals surface area (Å²) >= 11 is 0. The number of carbonyl (C=O) groups is 3. The zero-order valence-corrected chi connectivity index (χ0v) is 26.1. The molecule has 1 atom stereocenters. The van der Waals surface area contributed by atoms with Gasteiger partial charge >= 0.3 is 36.4 Å². The minimum Gasteiger partial charge on any atom is -0.475 e. The molecular formula is C30H36F9N3O7. The first-order valence-electron chi connectivity index (χ1n) is 14.6. The molecule has 1 unspecified atom stereocenters. The first-order valence-corrected chi connectivity index (χ1v) is 14.6. The molecule has 49 heavy (non-hydrogen) atoms. The monoisotopic (exact) mass is 721 g/mol. The van der Waals surface area contributed by atoms with Gasteiger partial charge < -0.3 is 24.6 Å². The molecule has 3 fully saturated rings. The van der Waals surface area contributed by atoms with Gasteiger partial charge in [0.2, 0.25) is 0 Å². The van der Waals surface area contributed by atoms with Crippen LogP contribution in [0.25, 0.3) is 0 Å². The van der Waals surface area contributed by atoms with E-state index in [-0.39, 0.29) is 0 Å². The number of halogens is 9. The highest BCUT2D eigenvalue weighted by Gasteiger charge is 2.61. The molecule has 0 amide bonds. The minimum absolute atomic E-state index is 0.478. The SMILES string of the molecule is CN1CC2(C1)CN(Cc1ccccc1)CC21CCCN(Cc2ccco2)CC1.O=C(O)C(F)(F)F.O=C(O)C(F)(F)F.O=C(O)C(F)(F)F. The predicted octanol–water partition coefficient (Wildman–Crippen LogP) is 5.60. The molecule has 19 heteroatoms. The van der Waals surface area contributed by atoms with Crippen LogP contribution in [0.1, 0.15) is 30.6 Å². The second-order valence-electron chi connectivity index (χ2n) is 12.0. The van der Waals surface area contributed by atoms with E-state index in [0.29, 0.717) is 10.8 Å². The summed E-state index contributed by atoms with van der Waals surface area (Å²) < 4.78 is 101. The average Bonchev–Trinajstić information content (AvgIpc) is 3.52. The standard InChI is InChI=1S/C24H33N3O.3C2HF3O2/c1-25-17-24(18-25)20-27(15-21-7-3-2-4-8-21)19-23(24)10-6-12-26(13-11-23)16-22-9-5-14-28-22;3*3-2(4,5)1(6)7/h2-5,7-9,14H,6,10-13,15-20H2,1H3;3*(H,6,7). The Bertz CT molecular complexity index is 1290. The van der Waals surface area contributed by atoms with E-state index >= 15 is 0 Å². The number of fused-ring (bicyclic) bond motifs is 1. The molecule has 2 spiro atoms. The van der Waals surface area contributed by atoms with Gasteiger partial charge in [-0.1, -0.05) is 30.3 Å². The van der Waals surface area contributed by atoms with Crippen LogP contribution >= 0.6 is 0 Å². The summed E-state index contributed by atoms with van der Waals surface area (Å²) in [6, 6.07) is 15.1. The lowest BCUT2D eigenvalue weighted by Crippen LogP contribution is -2.63. The lowest BCUT2D eigenvalue weighted by atomic mass is 9.58. The molecule has 3 aliphatic rings. The third-order valence-corrected chi connectivity index (χ3v) is 8.30. The Balaban J connectivity index is 0.000000325. The van der Waals surface area contributed by atoms with Crippen molar-refractivity contribution in [2.45, 2.75) is 50.9 Å². The second kappa shape index (κ2) is 16.7. The highest BCUT2D eigenvalue weighted by Crippen LogP contribution is 2.57. The number of hydrogen-bond donors (Lipinski definition) is 3. The van der Waals surface area contributed by atoms with Crippen molar-refractivity contribution in [1.29, 1.82) is 0 Å². The lowest BCUT2D eigenvalue weighted by Gasteiger charge is -2.56. The van der Waals surface area contributed by atoms with Gasteiger partial charge in [0.25, 0.3) is 0 Å². The number of aliphatic carboxylic acids is 3. The molecule has 3 aliphatic heterocycles. The normalized spacial score (nSPS) is 21.2. The third kappa shape index (κ3) is 12.5. The van der Waals surface area contributed by atoms with Crippen molar-refractivity contribution in [2.75, 3.05) is 46.3 Å². The van der Waals surface area contributed by atoms with Gasteiger partial charge in [0.05, 0.1) is 12.8 Å². The Hall–Kier alpha value is -3.84. The molecule has 0 radical (unpaired) electrons. The van der Waals surface area contributed by atoms with Crippen LogP contribution in [0.2, 0.25) is 0 Å². The van der Waals surface area contributed by atoms with Crippen LogP contribution in [0.15, 0.2) is 53.1 Å². The van der Waals surface area contributed by atoms with Crippen LogP contribution < -0.4 is 0 Å². The smallest absolute Gasteiger partial charge is 0.475 e.